The molecule has 1 aliphatic rings. The summed E-state index contributed by atoms with van der Waals surface area (Å²) in [5, 5.41) is 2.72. The van der Waals surface area contributed by atoms with Crippen molar-refractivity contribution in [1.82, 2.24) is 10.2 Å². The first-order valence-corrected chi connectivity index (χ1v) is 6.89. The van der Waals surface area contributed by atoms with E-state index in [1.807, 2.05) is 13.8 Å². The van der Waals surface area contributed by atoms with E-state index in [1.54, 1.807) is 4.90 Å². The van der Waals surface area contributed by atoms with Crippen LogP contribution in [0, 0.1) is 5.92 Å². The lowest BCUT2D eigenvalue weighted by Gasteiger charge is -2.30. The number of hydrogen-bond donors (Lipinski definition) is 2. The number of nitrogens with two attached hydrogens (primary N) is 1. The molecule has 5 nitrogen and oxygen atoms in total. The van der Waals surface area contributed by atoms with Crippen LogP contribution >= 0.6 is 0 Å². The van der Waals surface area contributed by atoms with E-state index in [4.69, 9.17) is 5.73 Å². The topological polar surface area (TPSA) is 75.4 Å². The Morgan fingerprint density at radius 2 is 2.06 bits per heavy atom. The van der Waals surface area contributed by atoms with Crippen LogP contribution in [0.15, 0.2) is 0 Å². The largest absolute Gasteiger partial charge is 0.355 e. The number of rotatable bonds is 5. The summed E-state index contributed by atoms with van der Waals surface area (Å²) >= 11 is 0. The first-order valence-electron chi connectivity index (χ1n) is 6.89. The fourth-order valence-corrected chi connectivity index (χ4v) is 2.48. The molecule has 0 aliphatic heterocycles. The predicted octanol–water partition coefficient (Wildman–Crippen LogP) is 0.489. The van der Waals surface area contributed by atoms with Crippen molar-refractivity contribution in [2.24, 2.45) is 11.7 Å². The number of likely N-dealkylation sites (N-methyl/N-ethyl adjacent to an activating group) is 2. The van der Waals surface area contributed by atoms with Gasteiger partial charge in [-0.05, 0) is 33.1 Å². The molecule has 2 unspecified atom stereocenters. The molecule has 104 valence electrons. The summed E-state index contributed by atoms with van der Waals surface area (Å²) in [6.07, 6.45) is 3.67. The van der Waals surface area contributed by atoms with E-state index in [0.717, 1.165) is 25.7 Å². The molecule has 2 amide bonds. The van der Waals surface area contributed by atoms with Crippen molar-refractivity contribution >= 4 is 11.8 Å². The van der Waals surface area contributed by atoms with Crippen molar-refractivity contribution < 1.29 is 9.59 Å². The molecule has 0 aromatic carbocycles. The molecule has 2 atom stereocenters. The molecular weight excluding hydrogens is 230 g/mol. The summed E-state index contributed by atoms with van der Waals surface area (Å²) in [6.45, 7) is 5.10. The smallest absolute Gasteiger partial charge is 0.239 e. The minimum Gasteiger partial charge on any atom is -0.355 e. The van der Waals surface area contributed by atoms with Gasteiger partial charge in [-0.25, -0.2) is 0 Å². The van der Waals surface area contributed by atoms with Gasteiger partial charge in [-0.1, -0.05) is 6.42 Å². The van der Waals surface area contributed by atoms with Crippen LogP contribution in [-0.4, -0.2) is 42.4 Å². The quantitative estimate of drug-likeness (QED) is 0.750. The van der Waals surface area contributed by atoms with Crippen LogP contribution in [0.5, 0.6) is 0 Å². The molecule has 1 aliphatic carbocycles. The molecular formula is C13H25N3O2. The normalized spacial score (nSPS) is 23.5. The summed E-state index contributed by atoms with van der Waals surface area (Å²) in [5.74, 6) is -0.00478. The molecule has 1 rings (SSSR count). The van der Waals surface area contributed by atoms with Gasteiger partial charge in [-0.2, -0.15) is 0 Å². The second-order valence-corrected chi connectivity index (χ2v) is 4.93. The van der Waals surface area contributed by atoms with Gasteiger partial charge >= 0.3 is 0 Å². The lowest BCUT2D eigenvalue weighted by molar-refractivity contribution is -0.140. The van der Waals surface area contributed by atoms with Crippen LogP contribution in [-0.2, 0) is 9.59 Å². The minimum atomic E-state index is -0.0900. The number of nitrogens with one attached hydrogen (secondary N) is 1. The Morgan fingerprint density at radius 1 is 1.33 bits per heavy atom. The van der Waals surface area contributed by atoms with Crippen LogP contribution in [0.3, 0.4) is 0 Å². The molecule has 0 radical (unpaired) electrons. The van der Waals surface area contributed by atoms with E-state index < -0.39 is 0 Å². The summed E-state index contributed by atoms with van der Waals surface area (Å²) in [5.41, 5.74) is 5.90. The molecule has 0 bridgehead atoms. The molecule has 18 heavy (non-hydrogen) atoms. The highest BCUT2D eigenvalue weighted by Crippen LogP contribution is 2.24. The van der Waals surface area contributed by atoms with Gasteiger partial charge < -0.3 is 16.0 Å². The Balaban J connectivity index is 2.52. The van der Waals surface area contributed by atoms with Crippen LogP contribution < -0.4 is 11.1 Å². The third-order valence-electron chi connectivity index (χ3n) is 3.47. The second kappa shape index (κ2) is 7.36. The number of nitrogens with zero attached hydrogens (tertiary/aromatic N) is 1. The highest BCUT2D eigenvalue weighted by Gasteiger charge is 2.29. The van der Waals surface area contributed by atoms with Crippen molar-refractivity contribution in [3.8, 4) is 0 Å². The maximum absolute atomic E-state index is 12.3. The standard InChI is InChI=1S/C13H25N3O2/c1-3-15-12(17)9-16(4-2)13(18)10-6-5-7-11(14)8-10/h10-11H,3-9,14H2,1-2H3,(H,15,17). The van der Waals surface area contributed by atoms with Crippen LogP contribution in [0.1, 0.15) is 39.5 Å². The summed E-state index contributed by atoms with van der Waals surface area (Å²) in [4.78, 5) is 25.5. The van der Waals surface area contributed by atoms with Crippen molar-refractivity contribution in [2.45, 2.75) is 45.6 Å². The van der Waals surface area contributed by atoms with Crippen molar-refractivity contribution in [3.63, 3.8) is 0 Å². The van der Waals surface area contributed by atoms with Gasteiger partial charge in [0, 0.05) is 25.0 Å². The van der Waals surface area contributed by atoms with Crippen LogP contribution in [0.25, 0.3) is 0 Å². The van der Waals surface area contributed by atoms with Crippen molar-refractivity contribution in [3.05, 3.63) is 0 Å². The van der Waals surface area contributed by atoms with Gasteiger partial charge in [-0.15, -0.1) is 0 Å². The lowest BCUT2D eigenvalue weighted by atomic mass is 9.85. The van der Waals surface area contributed by atoms with Gasteiger partial charge in [0.1, 0.15) is 0 Å². The number of carbonyl (C=O) groups is 2. The molecule has 0 heterocycles. The molecule has 0 aromatic heterocycles. The van der Waals surface area contributed by atoms with Gasteiger partial charge in [-0.3, -0.25) is 9.59 Å². The Kier molecular flexibility index (Phi) is 6.12. The minimum absolute atomic E-state index is 0.00289. The number of amides is 2. The molecule has 1 fully saturated rings. The highest BCUT2D eigenvalue weighted by molar-refractivity contribution is 5.85. The summed E-state index contributed by atoms with van der Waals surface area (Å²) < 4.78 is 0. The maximum atomic E-state index is 12.3. The highest BCUT2D eigenvalue weighted by atomic mass is 16.2. The SMILES string of the molecule is CCNC(=O)CN(CC)C(=O)C1CCCC(N)C1. The Morgan fingerprint density at radius 3 is 2.61 bits per heavy atom. The van der Waals surface area contributed by atoms with E-state index in [2.05, 4.69) is 5.32 Å². The van der Waals surface area contributed by atoms with E-state index >= 15 is 0 Å². The zero-order valence-corrected chi connectivity index (χ0v) is 11.4. The van der Waals surface area contributed by atoms with Crippen LogP contribution in [0.4, 0.5) is 0 Å². The zero-order valence-electron chi connectivity index (χ0n) is 11.4. The average Bonchev–Trinajstić information content (AvgIpc) is 2.35. The monoisotopic (exact) mass is 255 g/mol. The van der Waals surface area contributed by atoms with E-state index in [0.29, 0.717) is 13.1 Å². The van der Waals surface area contributed by atoms with E-state index in [-0.39, 0.29) is 30.3 Å². The average molecular weight is 255 g/mol. The van der Waals surface area contributed by atoms with Crippen molar-refractivity contribution in [2.75, 3.05) is 19.6 Å². The van der Waals surface area contributed by atoms with Crippen LogP contribution in [0.2, 0.25) is 0 Å². The van der Waals surface area contributed by atoms with Gasteiger partial charge in [0.05, 0.1) is 6.54 Å². The summed E-state index contributed by atoms with van der Waals surface area (Å²) in [7, 11) is 0. The van der Waals surface area contributed by atoms with E-state index in [9.17, 15) is 9.59 Å². The molecule has 0 saturated heterocycles. The van der Waals surface area contributed by atoms with Gasteiger partial charge in [0.2, 0.25) is 11.8 Å². The molecule has 0 spiro atoms. The van der Waals surface area contributed by atoms with Gasteiger partial charge in [0.25, 0.3) is 0 Å². The third kappa shape index (κ3) is 4.29. The maximum Gasteiger partial charge on any atom is 0.239 e. The molecule has 3 N–H and O–H groups in total. The number of hydrogen-bond acceptors (Lipinski definition) is 3. The fourth-order valence-electron chi connectivity index (χ4n) is 2.48. The second-order valence-electron chi connectivity index (χ2n) is 4.93. The first kappa shape index (κ1) is 15.0. The van der Waals surface area contributed by atoms with E-state index in [1.165, 1.54) is 0 Å². The Labute approximate surface area is 109 Å². The van der Waals surface area contributed by atoms with Crippen molar-refractivity contribution in [1.29, 1.82) is 0 Å². The van der Waals surface area contributed by atoms with Gasteiger partial charge in [0.15, 0.2) is 0 Å². The lowest BCUT2D eigenvalue weighted by Crippen LogP contribution is -2.45. The fraction of sp³-hybridized carbons (Fsp3) is 0.846. The summed E-state index contributed by atoms with van der Waals surface area (Å²) in [6, 6.07) is 0.135. The Hall–Kier alpha value is -1.10. The molecule has 0 aromatic rings. The third-order valence-corrected chi connectivity index (χ3v) is 3.47. The Bertz CT molecular complexity index is 294. The molecule has 1 saturated carbocycles. The first-order chi connectivity index (χ1) is 8.58. The predicted molar refractivity (Wildman–Crippen MR) is 70.9 cm³/mol. The zero-order chi connectivity index (χ0) is 13.5. The molecule has 5 heteroatoms. The number of carbonyl (C=O) groups excluding carboxylic acids is 2.